The first-order valence-corrected chi connectivity index (χ1v) is 12.9. The summed E-state index contributed by atoms with van der Waals surface area (Å²) in [4.78, 5) is 11.5. The second-order valence-corrected chi connectivity index (χ2v) is 10.2. The molecule has 0 spiro atoms. The van der Waals surface area contributed by atoms with E-state index in [0.29, 0.717) is 24.4 Å². The highest BCUT2D eigenvalue weighted by molar-refractivity contribution is 6.00. The topological polar surface area (TPSA) is 89.4 Å². The maximum absolute atomic E-state index is 9.78. The van der Waals surface area contributed by atoms with E-state index in [0.717, 1.165) is 78.8 Å². The van der Waals surface area contributed by atoms with E-state index in [1.54, 1.807) is 6.33 Å². The van der Waals surface area contributed by atoms with Crippen molar-refractivity contribution in [1.82, 2.24) is 19.4 Å². The Kier molecular flexibility index (Phi) is 6.34. The highest BCUT2D eigenvalue weighted by Gasteiger charge is 2.34. The maximum atomic E-state index is 9.78. The summed E-state index contributed by atoms with van der Waals surface area (Å²) in [5.41, 5.74) is 10.5. The van der Waals surface area contributed by atoms with E-state index in [1.807, 2.05) is 30.3 Å². The molecule has 1 aliphatic heterocycles. The molecule has 0 unspecified atom stereocenters. The van der Waals surface area contributed by atoms with Crippen molar-refractivity contribution >= 4 is 16.9 Å². The number of nitrogen functional groups attached to an aromatic ring is 1. The number of piperidine rings is 1. The van der Waals surface area contributed by atoms with Crippen molar-refractivity contribution in [3.63, 3.8) is 0 Å². The van der Waals surface area contributed by atoms with Crippen molar-refractivity contribution in [1.29, 1.82) is 0 Å². The first kappa shape index (κ1) is 23.0. The van der Waals surface area contributed by atoms with Crippen molar-refractivity contribution in [2.45, 2.75) is 44.4 Å². The number of anilines is 1. The van der Waals surface area contributed by atoms with E-state index in [4.69, 9.17) is 10.5 Å². The molecule has 7 nitrogen and oxygen atoms in total. The van der Waals surface area contributed by atoms with Crippen LogP contribution in [0.1, 0.15) is 37.3 Å². The summed E-state index contributed by atoms with van der Waals surface area (Å²) in [6.07, 6.45) is 7.70. The van der Waals surface area contributed by atoms with Gasteiger partial charge in [-0.05, 0) is 54.9 Å². The summed E-state index contributed by atoms with van der Waals surface area (Å²) < 4.78 is 8.39. The number of benzene rings is 2. The Balaban J connectivity index is 1.21. The second kappa shape index (κ2) is 9.91. The van der Waals surface area contributed by atoms with Crippen molar-refractivity contribution < 1.29 is 9.84 Å². The number of aromatic nitrogens is 3. The van der Waals surface area contributed by atoms with Gasteiger partial charge >= 0.3 is 0 Å². The largest absolute Gasteiger partial charge is 0.489 e. The molecule has 3 heterocycles. The molecule has 186 valence electrons. The summed E-state index contributed by atoms with van der Waals surface area (Å²) in [5, 5.41) is 10.7. The van der Waals surface area contributed by atoms with Crippen LogP contribution < -0.4 is 10.5 Å². The fraction of sp³-hybridized carbons (Fsp3) is 0.379. The minimum absolute atomic E-state index is 0.118. The molecule has 2 aromatic carbocycles. The zero-order valence-electron chi connectivity index (χ0n) is 20.5. The zero-order chi connectivity index (χ0) is 24.5. The molecule has 7 heteroatoms. The van der Waals surface area contributed by atoms with Gasteiger partial charge in [0.05, 0.1) is 11.5 Å². The monoisotopic (exact) mass is 483 g/mol. The zero-order valence-corrected chi connectivity index (χ0v) is 20.5. The van der Waals surface area contributed by atoms with Gasteiger partial charge in [0.15, 0.2) is 0 Å². The number of rotatable bonds is 7. The lowest BCUT2D eigenvalue weighted by molar-refractivity contribution is 0.0569. The van der Waals surface area contributed by atoms with E-state index < -0.39 is 0 Å². The predicted octanol–water partition coefficient (Wildman–Crippen LogP) is 4.67. The predicted molar refractivity (Wildman–Crippen MR) is 142 cm³/mol. The number of nitrogens with zero attached hydrogens (tertiary/aromatic N) is 4. The number of hydrogen-bond donors (Lipinski definition) is 2. The third-order valence-electron chi connectivity index (χ3n) is 7.71. The highest BCUT2D eigenvalue weighted by Crippen LogP contribution is 2.43. The summed E-state index contributed by atoms with van der Waals surface area (Å²) >= 11 is 0. The molecule has 4 aromatic rings. The van der Waals surface area contributed by atoms with Crippen LogP contribution in [0, 0.1) is 5.92 Å². The van der Waals surface area contributed by atoms with Crippen molar-refractivity contribution in [2.24, 2.45) is 5.92 Å². The van der Waals surface area contributed by atoms with E-state index in [2.05, 4.69) is 49.9 Å². The van der Waals surface area contributed by atoms with Crippen LogP contribution in [-0.4, -0.2) is 50.3 Å². The van der Waals surface area contributed by atoms with Crippen molar-refractivity contribution in [3.05, 3.63) is 72.7 Å². The molecule has 0 amide bonds. The molecule has 1 saturated carbocycles. The quantitative estimate of drug-likeness (QED) is 0.397. The molecule has 1 saturated heterocycles. The summed E-state index contributed by atoms with van der Waals surface area (Å²) in [5.74, 6) is 2.01. The number of aliphatic hydroxyl groups excluding tert-OH is 1. The molecule has 2 aromatic heterocycles. The molecular weight excluding hydrogens is 450 g/mol. The Hall–Kier alpha value is -3.42. The van der Waals surface area contributed by atoms with E-state index >= 15 is 0 Å². The Morgan fingerprint density at radius 1 is 1.00 bits per heavy atom. The maximum Gasteiger partial charge on any atom is 0.146 e. The van der Waals surface area contributed by atoms with Gasteiger partial charge in [0.1, 0.15) is 30.1 Å². The van der Waals surface area contributed by atoms with Crippen LogP contribution in [-0.2, 0) is 6.61 Å². The molecule has 0 radical (unpaired) electrons. The van der Waals surface area contributed by atoms with E-state index in [1.165, 1.54) is 0 Å². The standard InChI is InChI=1S/C29H33N5O2/c30-28-27-26(22-7-4-8-25(15-22)36-18-20-5-2-1-3-6-20)17-34(29(27)32-19-31-28)23-13-21(14-23)16-33-11-9-24(35)10-12-33/h1-8,15,17,19,21,23-24,35H,9-14,16,18H2,(H2,30,31,32)/t21-,23-. The normalized spacial score (nSPS) is 20.9. The van der Waals surface area contributed by atoms with Crippen molar-refractivity contribution in [3.8, 4) is 16.9 Å². The third kappa shape index (κ3) is 4.68. The molecule has 6 rings (SSSR count). The van der Waals surface area contributed by atoms with Crippen LogP contribution in [0.15, 0.2) is 67.1 Å². The number of hydrogen-bond acceptors (Lipinski definition) is 6. The van der Waals surface area contributed by atoms with Gasteiger partial charge in [0, 0.05) is 37.4 Å². The van der Waals surface area contributed by atoms with E-state index in [9.17, 15) is 5.11 Å². The minimum Gasteiger partial charge on any atom is -0.489 e. The first-order chi connectivity index (χ1) is 17.6. The van der Waals surface area contributed by atoms with Crippen LogP contribution in [0.5, 0.6) is 5.75 Å². The van der Waals surface area contributed by atoms with Crippen molar-refractivity contribution in [2.75, 3.05) is 25.4 Å². The van der Waals surface area contributed by atoms with Gasteiger partial charge in [-0.1, -0.05) is 42.5 Å². The summed E-state index contributed by atoms with van der Waals surface area (Å²) in [7, 11) is 0. The SMILES string of the molecule is Nc1ncnc2c1c(-c1cccc(OCc3ccccc3)c1)cn2[C@H]1C[C@H](CN2CCC(O)CC2)C1. The van der Waals surface area contributed by atoms with Crippen LogP contribution >= 0.6 is 0 Å². The van der Waals surface area contributed by atoms with Crippen LogP contribution in [0.3, 0.4) is 0 Å². The van der Waals surface area contributed by atoms with Gasteiger partial charge < -0.3 is 25.0 Å². The summed E-state index contributed by atoms with van der Waals surface area (Å²) in [6, 6.07) is 18.8. The highest BCUT2D eigenvalue weighted by atomic mass is 16.5. The average molecular weight is 484 g/mol. The van der Waals surface area contributed by atoms with Gasteiger partial charge in [-0.25, -0.2) is 9.97 Å². The number of nitrogens with two attached hydrogens (primary N) is 1. The number of fused-ring (bicyclic) bond motifs is 1. The number of aliphatic hydroxyl groups is 1. The third-order valence-corrected chi connectivity index (χ3v) is 7.71. The first-order valence-electron chi connectivity index (χ1n) is 12.9. The number of ether oxygens (including phenoxy) is 1. The fourth-order valence-corrected chi connectivity index (χ4v) is 5.64. The molecule has 2 aliphatic rings. The summed E-state index contributed by atoms with van der Waals surface area (Å²) in [6.45, 7) is 3.65. The van der Waals surface area contributed by atoms with Crippen LogP contribution in [0.2, 0.25) is 0 Å². The lowest BCUT2D eigenvalue weighted by atomic mass is 9.79. The molecule has 0 bridgehead atoms. The van der Waals surface area contributed by atoms with E-state index in [-0.39, 0.29) is 6.10 Å². The molecule has 0 atom stereocenters. The molecule has 36 heavy (non-hydrogen) atoms. The number of likely N-dealkylation sites (tertiary alicyclic amines) is 1. The molecule has 3 N–H and O–H groups in total. The fourth-order valence-electron chi connectivity index (χ4n) is 5.64. The van der Waals surface area contributed by atoms with Gasteiger partial charge in [-0.15, -0.1) is 0 Å². The smallest absolute Gasteiger partial charge is 0.146 e. The van der Waals surface area contributed by atoms with Crippen LogP contribution in [0.4, 0.5) is 5.82 Å². The lowest BCUT2D eigenvalue weighted by Gasteiger charge is -2.41. The average Bonchev–Trinajstić information content (AvgIpc) is 3.27. The molecule has 1 aliphatic carbocycles. The molecule has 2 fully saturated rings. The van der Waals surface area contributed by atoms with Gasteiger partial charge in [-0.3, -0.25) is 0 Å². The van der Waals surface area contributed by atoms with Gasteiger partial charge in [-0.2, -0.15) is 0 Å². The minimum atomic E-state index is -0.118. The van der Waals surface area contributed by atoms with Gasteiger partial charge in [0.2, 0.25) is 0 Å². The lowest BCUT2D eigenvalue weighted by Crippen LogP contribution is -2.42. The second-order valence-electron chi connectivity index (χ2n) is 10.2. The molecular formula is C29H33N5O2. The Morgan fingerprint density at radius 2 is 1.81 bits per heavy atom. The van der Waals surface area contributed by atoms with Crippen LogP contribution in [0.25, 0.3) is 22.2 Å². The Bertz CT molecular complexity index is 1320. The Morgan fingerprint density at radius 3 is 2.61 bits per heavy atom. The van der Waals surface area contributed by atoms with Gasteiger partial charge in [0.25, 0.3) is 0 Å². The Labute approximate surface area is 211 Å².